The van der Waals surface area contributed by atoms with Gasteiger partial charge in [0.05, 0.1) is 41.3 Å². The first-order chi connectivity index (χ1) is 16.8. The van der Waals surface area contributed by atoms with Crippen LogP contribution in [0.5, 0.6) is 5.75 Å². The maximum atomic E-state index is 13.2. The summed E-state index contributed by atoms with van der Waals surface area (Å²) in [6.07, 6.45) is 0.823. The van der Waals surface area contributed by atoms with E-state index < -0.39 is 10.0 Å². The Bertz CT molecular complexity index is 1330. The minimum absolute atomic E-state index is 0.0224. The topological polar surface area (TPSA) is 115 Å². The first-order valence-corrected chi connectivity index (χ1v) is 13.6. The average molecular weight is 518 g/mol. The van der Waals surface area contributed by atoms with Gasteiger partial charge in [0, 0.05) is 18.7 Å². The number of nitrogens with zero attached hydrogens (tertiary/aromatic N) is 2. The van der Waals surface area contributed by atoms with Crippen LogP contribution in [0.1, 0.15) is 30.1 Å². The highest BCUT2D eigenvalue weighted by Gasteiger charge is 2.33. The highest BCUT2D eigenvalue weighted by molar-refractivity contribution is 7.89. The summed E-state index contributed by atoms with van der Waals surface area (Å²) in [6, 6.07) is 11.6. The van der Waals surface area contributed by atoms with E-state index in [1.165, 1.54) is 27.8 Å². The standard InChI is InChI=1S/C24H27N3O6S2/c1-3-33-23(29)16-9-11-27(12-10-16)35(30,31)19-6-4-5-17(13-19)21(28)15-25-24-26-20-8-7-18(32-2)14-22(20)34-24/h4-8,13-14,16H,3,9-12,15H2,1-2H3,(H,25,26). The van der Waals surface area contributed by atoms with Crippen molar-refractivity contribution in [2.45, 2.75) is 24.7 Å². The molecule has 1 fully saturated rings. The number of rotatable bonds is 9. The van der Waals surface area contributed by atoms with Crippen molar-refractivity contribution in [1.29, 1.82) is 0 Å². The highest BCUT2D eigenvalue weighted by atomic mass is 32.2. The molecule has 4 rings (SSSR count). The molecular weight excluding hydrogens is 490 g/mol. The molecule has 1 aromatic heterocycles. The maximum Gasteiger partial charge on any atom is 0.309 e. The minimum Gasteiger partial charge on any atom is -0.497 e. The monoisotopic (exact) mass is 517 g/mol. The zero-order chi connectivity index (χ0) is 25.0. The number of piperidine rings is 1. The number of thiazole rings is 1. The number of anilines is 1. The predicted octanol–water partition coefficient (Wildman–Crippen LogP) is 3.56. The van der Waals surface area contributed by atoms with Crippen LogP contribution < -0.4 is 10.1 Å². The third kappa shape index (κ3) is 5.63. The maximum absolute atomic E-state index is 13.2. The highest BCUT2D eigenvalue weighted by Crippen LogP contribution is 2.29. The third-order valence-electron chi connectivity index (χ3n) is 5.86. The number of carbonyl (C=O) groups excluding carboxylic acids is 2. The molecule has 3 aromatic rings. The fourth-order valence-electron chi connectivity index (χ4n) is 3.94. The quantitative estimate of drug-likeness (QED) is 0.338. The van der Waals surface area contributed by atoms with E-state index in [0.29, 0.717) is 30.1 Å². The van der Waals surface area contributed by atoms with E-state index in [1.54, 1.807) is 26.2 Å². The number of sulfonamides is 1. The van der Waals surface area contributed by atoms with E-state index in [4.69, 9.17) is 9.47 Å². The molecule has 0 unspecified atom stereocenters. The Labute approximate surface area is 208 Å². The number of ether oxygens (including phenoxy) is 2. The molecule has 0 spiro atoms. The van der Waals surface area contributed by atoms with Gasteiger partial charge in [0.2, 0.25) is 10.0 Å². The van der Waals surface area contributed by atoms with Gasteiger partial charge >= 0.3 is 5.97 Å². The SMILES string of the molecule is CCOC(=O)C1CCN(S(=O)(=O)c2cccc(C(=O)CNc3nc4ccc(OC)cc4s3)c2)CC1. The Kier molecular flexibility index (Phi) is 7.68. The van der Waals surface area contributed by atoms with Gasteiger partial charge < -0.3 is 14.8 Å². The number of methoxy groups -OCH3 is 1. The van der Waals surface area contributed by atoms with Crippen LogP contribution in [0.2, 0.25) is 0 Å². The van der Waals surface area contributed by atoms with E-state index in [1.807, 2.05) is 18.2 Å². The normalized spacial score (nSPS) is 15.1. The van der Waals surface area contributed by atoms with Gasteiger partial charge in [-0.15, -0.1) is 0 Å². The number of hydrogen-bond acceptors (Lipinski definition) is 9. The van der Waals surface area contributed by atoms with Crippen molar-refractivity contribution in [1.82, 2.24) is 9.29 Å². The number of aromatic nitrogens is 1. The van der Waals surface area contributed by atoms with Crippen LogP contribution in [0.4, 0.5) is 5.13 Å². The van der Waals surface area contributed by atoms with Gasteiger partial charge in [-0.3, -0.25) is 9.59 Å². The second-order valence-corrected chi connectivity index (χ2v) is 11.1. The second kappa shape index (κ2) is 10.7. The van der Waals surface area contributed by atoms with Crippen molar-refractivity contribution in [3.8, 4) is 5.75 Å². The number of hydrogen-bond donors (Lipinski definition) is 1. The molecule has 0 atom stereocenters. The first kappa shape index (κ1) is 25.1. The first-order valence-electron chi connectivity index (χ1n) is 11.3. The van der Waals surface area contributed by atoms with Crippen molar-refractivity contribution in [3.63, 3.8) is 0 Å². The summed E-state index contributed by atoms with van der Waals surface area (Å²) in [4.78, 5) is 29.3. The molecule has 0 amide bonds. The molecule has 186 valence electrons. The van der Waals surface area contributed by atoms with Crippen LogP contribution in [0.25, 0.3) is 10.2 Å². The number of ketones is 1. The molecule has 0 bridgehead atoms. The molecule has 0 saturated carbocycles. The van der Waals surface area contributed by atoms with Crippen LogP contribution >= 0.6 is 11.3 Å². The summed E-state index contributed by atoms with van der Waals surface area (Å²) < 4.78 is 38.9. The van der Waals surface area contributed by atoms with Crippen LogP contribution in [0.15, 0.2) is 47.4 Å². The molecule has 2 heterocycles. The van der Waals surface area contributed by atoms with Gasteiger partial charge in [-0.1, -0.05) is 23.5 Å². The molecule has 1 saturated heterocycles. The van der Waals surface area contributed by atoms with Gasteiger partial charge in [-0.05, 0) is 50.1 Å². The van der Waals surface area contributed by atoms with Crippen molar-refractivity contribution in [3.05, 3.63) is 48.0 Å². The van der Waals surface area contributed by atoms with Gasteiger partial charge in [0.25, 0.3) is 0 Å². The minimum atomic E-state index is -3.78. The molecule has 0 aliphatic carbocycles. The van der Waals surface area contributed by atoms with E-state index in [2.05, 4.69) is 10.3 Å². The molecule has 11 heteroatoms. The van der Waals surface area contributed by atoms with Crippen LogP contribution in [-0.2, 0) is 19.6 Å². The lowest BCUT2D eigenvalue weighted by molar-refractivity contribution is -0.149. The number of esters is 1. The Balaban J connectivity index is 1.41. The number of carbonyl (C=O) groups is 2. The van der Waals surface area contributed by atoms with Crippen molar-refractivity contribution in [2.75, 3.05) is 38.7 Å². The molecule has 1 N–H and O–H groups in total. The van der Waals surface area contributed by atoms with Gasteiger partial charge in [-0.25, -0.2) is 13.4 Å². The number of Topliss-reactive ketones (excluding diaryl/α,β-unsaturated/α-hetero) is 1. The summed E-state index contributed by atoms with van der Waals surface area (Å²) in [7, 11) is -2.19. The Morgan fingerprint density at radius 3 is 2.66 bits per heavy atom. The zero-order valence-corrected chi connectivity index (χ0v) is 21.2. The fourth-order valence-corrected chi connectivity index (χ4v) is 6.34. The lowest BCUT2D eigenvalue weighted by atomic mass is 9.98. The zero-order valence-electron chi connectivity index (χ0n) is 19.5. The number of fused-ring (bicyclic) bond motifs is 1. The smallest absolute Gasteiger partial charge is 0.309 e. The van der Waals surface area contributed by atoms with E-state index in [-0.39, 0.29) is 42.2 Å². The Hall–Kier alpha value is -3.02. The number of nitrogens with one attached hydrogen (secondary N) is 1. The molecular formula is C24H27N3O6S2. The van der Waals surface area contributed by atoms with E-state index in [9.17, 15) is 18.0 Å². The summed E-state index contributed by atoms with van der Waals surface area (Å²) >= 11 is 1.41. The summed E-state index contributed by atoms with van der Waals surface area (Å²) in [5.74, 6) is -0.0901. The molecule has 1 aliphatic rings. The fraction of sp³-hybridized carbons (Fsp3) is 0.375. The lowest BCUT2D eigenvalue weighted by Crippen LogP contribution is -2.40. The van der Waals surface area contributed by atoms with Gasteiger partial charge in [-0.2, -0.15) is 4.31 Å². The largest absolute Gasteiger partial charge is 0.497 e. The molecule has 1 aliphatic heterocycles. The number of benzene rings is 2. The lowest BCUT2D eigenvalue weighted by Gasteiger charge is -2.30. The van der Waals surface area contributed by atoms with E-state index in [0.717, 1.165) is 16.0 Å². The second-order valence-electron chi connectivity index (χ2n) is 8.09. The molecule has 9 nitrogen and oxygen atoms in total. The van der Waals surface area contributed by atoms with Crippen molar-refractivity contribution < 1.29 is 27.5 Å². The molecule has 0 radical (unpaired) electrons. The molecule has 2 aromatic carbocycles. The molecule has 35 heavy (non-hydrogen) atoms. The van der Waals surface area contributed by atoms with Crippen LogP contribution in [0.3, 0.4) is 0 Å². The predicted molar refractivity (Wildman–Crippen MR) is 134 cm³/mol. The summed E-state index contributed by atoms with van der Waals surface area (Å²) in [5.41, 5.74) is 1.09. The van der Waals surface area contributed by atoms with Gasteiger partial charge in [0.1, 0.15) is 5.75 Å². The van der Waals surface area contributed by atoms with Crippen LogP contribution in [-0.4, -0.2) is 62.8 Å². The average Bonchev–Trinajstić information content (AvgIpc) is 3.29. The third-order valence-corrected chi connectivity index (χ3v) is 8.73. The summed E-state index contributed by atoms with van der Waals surface area (Å²) in [5, 5.41) is 3.62. The van der Waals surface area contributed by atoms with Crippen molar-refractivity contribution in [2.24, 2.45) is 5.92 Å². The van der Waals surface area contributed by atoms with Gasteiger partial charge in [0.15, 0.2) is 10.9 Å². The Morgan fingerprint density at radius 1 is 1.17 bits per heavy atom. The Morgan fingerprint density at radius 2 is 1.94 bits per heavy atom. The summed E-state index contributed by atoms with van der Waals surface area (Å²) in [6.45, 7) is 2.49. The van der Waals surface area contributed by atoms with Crippen LogP contribution in [0, 0.1) is 5.92 Å². The van der Waals surface area contributed by atoms with E-state index >= 15 is 0 Å². The van der Waals surface area contributed by atoms with Crippen molar-refractivity contribution >= 4 is 48.5 Å².